The maximum Gasteiger partial charge on any atom is 0.191 e. The molecule has 1 heterocycles. The van der Waals surface area contributed by atoms with Crippen LogP contribution < -0.4 is 4.74 Å². The topological polar surface area (TPSA) is 60.2 Å². The lowest BCUT2D eigenvalue weighted by atomic mass is 10.0. The number of para-hydroxylation sites is 1. The summed E-state index contributed by atoms with van der Waals surface area (Å²) in [6.45, 7) is 7.26. The van der Waals surface area contributed by atoms with Gasteiger partial charge in [0.1, 0.15) is 12.4 Å². The minimum Gasteiger partial charge on any atom is -0.491 e. The van der Waals surface area contributed by atoms with E-state index < -0.39 is 6.10 Å². The second-order valence-electron chi connectivity index (χ2n) is 7.03. The van der Waals surface area contributed by atoms with Crippen molar-refractivity contribution in [2.24, 2.45) is 0 Å². The second kappa shape index (κ2) is 10.1. The number of nitrogens with zero attached hydrogens (tertiary/aromatic N) is 3. The zero-order chi connectivity index (χ0) is 20.8. The zero-order valence-electron chi connectivity index (χ0n) is 16.9. The van der Waals surface area contributed by atoms with Crippen LogP contribution in [0, 0.1) is 0 Å². The minimum atomic E-state index is -0.614. The Hall–Kier alpha value is -2.02. The average molecular weight is 432 g/mol. The van der Waals surface area contributed by atoms with E-state index in [0.717, 1.165) is 34.4 Å². The summed E-state index contributed by atoms with van der Waals surface area (Å²) in [5.74, 6) is 2.43. The Kier molecular flexibility index (Phi) is 7.58. The van der Waals surface area contributed by atoms with Gasteiger partial charge in [-0.2, -0.15) is 0 Å². The number of hydrogen-bond donors (Lipinski definition) is 1. The molecular formula is C22H26ClN3O2S. The van der Waals surface area contributed by atoms with Crippen molar-refractivity contribution in [1.82, 2.24) is 14.8 Å². The molecule has 1 unspecified atom stereocenters. The molecule has 29 heavy (non-hydrogen) atoms. The SMILES string of the molecule is CCn1c(SCC(O)COc2ccccc2C(C)C)nnc1-c1cccc(Cl)c1. The second-order valence-corrected chi connectivity index (χ2v) is 8.45. The number of aliphatic hydroxyl groups is 1. The van der Waals surface area contributed by atoms with Crippen LogP contribution in [0.15, 0.2) is 53.7 Å². The van der Waals surface area contributed by atoms with E-state index in [2.05, 4.69) is 30.1 Å². The highest BCUT2D eigenvalue weighted by Crippen LogP contribution is 2.28. The highest BCUT2D eigenvalue weighted by molar-refractivity contribution is 7.99. The van der Waals surface area contributed by atoms with E-state index in [9.17, 15) is 5.11 Å². The van der Waals surface area contributed by atoms with Crippen molar-refractivity contribution in [1.29, 1.82) is 0 Å². The molecule has 1 aromatic heterocycles. The van der Waals surface area contributed by atoms with E-state index in [-0.39, 0.29) is 6.61 Å². The van der Waals surface area contributed by atoms with Crippen LogP contribution in [-0.2, 0) is 6.54 Å². The van der Waals surface area contributed by atoms with E-state index >= 15 is 0 Å². The van der Waals surface area contributed by atoms with Crippen LogP contribution >= 0.6 is 23.4 Å². The number of aromatic nitrogens is 3. The summed E-state index contributed by atoms with van der Waals surface area (Å²) < 4.78 is 7.90. The van der Waals surface area contributed by atoms with Crippen molar-refractivity contribution in [3.8, 4) is 17.1 Å². The Morgan fingerprint density at radius 2 is 1.93 bits per heavy atom. The molecule has 154 valence electrons. The molecule has 0 fully saturated rings. The molecule has 2 aromatic carbocycles. The van der Waals surface area contributed by atoms with E-state index in [1.54, 1.807) is 0 Å². The first kappa shape index (κ1) is 21.7. The van der Waals surface area contributed by atoms with Gasteiger partial charge in [0.2, 0.25) is 0 Å². The van der Waals surface area contributed by atoms with Gasteiger partial charge in [-0.25, -0.2) is 0 Å². The van der Waals surface area contributed by atoms with Gasteiger partial charge < -0.3 is 14.4 Å². The molecule has 1 N–H and O–H groups in total. The summed E-state index contributed by atoms with van der Waals surface area (Å²) in [5, 5.41) is 20.5. The molecule has 5 nitrogen and oxygen atoms in total. The Labute approximate surface area is 181 Å². The van der Waals surface area contributed by atoms with Gasteiger partial charge in [-0.1, -0.05) is 67.5 Å². The zero-order valence-corrected chi connectivity index (χ0v) is 18.5. The first-order chi connectivity index (χ1) is 14.0. The van der Waals surface area contributed by atoms with Crippen LogP contribution in [0.3, 0.4) is 0 Å². The average Bonchev–Trinajstić information content (AvgIpc) is 3.13. The Bertz CT molecular complexity index is 945. The van der Waals surface area contributed by atoms with Crippen molar-refractivity contribution >= 4 is 23.4 Å². The first-order valence-corrected chi connectivity index (χ1v) is 11.1. The number of halogens is 1. The van der Waals surface area contributed by atoms with E-state index in [4.69, 9.17) is 16.3 Å². The molecule has 3 rings (SSSR count). The number of ether oxygens (including phenoxy) is 1. The third-order valence-corrected chi connectivity index (χ3v) is 5.84. The molecule has 0 spiro atoms. The van der Waals surface area contributed by atoms with Gasteiger partial charge in [0.25, 0.3) is 0 Å². The van der Waals surface area contributed by atoms with E-state index in [1.807, 2.05) is 54.0 Å². The lowest BCUT2D eigenvalue weighted by molar-refractivity contribution is 0.125. The quantitative estimate of drug-likeness (QED) is 0.467. The highest BCUT2D eigenvalue weighted by atomic mass is 35.5. The lowest BCUT2D eigenvalue weighted by Crippen LogP contribution is -2.21. The molecule has 0 bridgehead atoms. The summed E-state index contributed by atoms with van der Waals surface area (Å²) >= 11 is 7.58. The standard InChI is InChI=1S/C22H26ClN3O2S/c1-4-26-21(16-8-7-9-17(23)12-16)24-25-22(26)29-14-18(27)13-28-20-11-6-5-10-19(20)15(2)3/h5-12,15,18,27H,4,13-14H2,1-3H3. The third-order valence-electron chi connectivity index (χ3n) is 4.49. The molecule has 0 aliphatic rings. The van der Waals surface area contributed by atoms with Crippen molar-refractivity contribution < 1.29 is 9.84 Å². The Morgan fingerprint density at radius 1 is 1.14 bits per heavy atom. The Morgan fingerprint density at radius 3 is 2.66 bits per heavy atom. The highest BCUT2D eigenvalue weighted by Gasteiger charge is 2.16. The number of thioether (sulfide) groups is 1. The van der Waals surface area contributed by atoms with Gasteiger partial charge >= 0.3 is 0 Å². The van der Waals surface area contributed by atoms with Gasteiger partial charge in [0, 0.05) is 22.9 Å². The van der Waals surface area contributed by atoms with Gasteiger partial charge in [-0.3, -0.25) is 0 Å². The number of hydrogen-bond acceptors (Lipinski definition) is 5. The molecule has 0 aliphatic carbocycles. The van der Waals surface area contributed by atoms with E-state index in [0.29, 0.717) is 16.7 Å². The molecule has 0 aliphatic heterocycles. The first-order valence-electron chi connectivity index (χ1n) is 9.71. The van der Waals surface area contributed by atoms with Gasteiger partial charge in [0.05, 0.1) is 6.10 Å². The normalized spacial score (nSPS) is 12.3. The largest absolute Gasteiger partial charge is 0.491 e. The Balaban J connectivity index is 1.62. The van der Waals surface area contributed by atoms with Gasteiger partial charge in [0.15, 0.2) is 11.0 Å². The lowest BCUT2D eigenvalue weighted by Gasteiger charge is -2.16. The predicted molar refractivity (Wildman–Crippen MR) is 119 cm³/mol. The molecule has 1 atom stereocenters. The molecule has 0 saturated heterocycles. The molecule has 0 saturated carbocycles. The molecule has 0 amide bonds. The van der Waals surface area contributed by atoms with Crippen molar-refractivity contribution in [3.63, 3.8) is 0 Å². The van der Waals surface area contributed by atoms with Crippen molar-refractivity contribution in [2.45, 2.75) is 44.5 Å². The fourth-order valence-corrected chi connectivity index (χ4v) is 4.11. The summed E-state index contributed by atoms with van der Waals surface area (Å²) in [6, 6.07) is 15.5. The van der Waals surface area contributed by atoms with Crippen LogP contribution in [0.25, 0.3) is 11.4 Å². The molecule has 3 aromatic rings. The summed E-state index contributed by atoms with van der Waals surface area (Å²) in [5.41, 5.74) is 2.07. The van der Waals surface area contributed by atoms with Crippen LogP contribution in [0.4, 0.5) is 0 Å². The molecule has 0 radical (unpaired) electrons. The van der Waals surface area contributed by atoms with Crippen LogP contribution in [0.1, 0.15) is 32.3 Å². The fourth-order valence-electron chi connectivity index (χ4n) is 3.02. The minimum absolute atomic E-state index is 0.234. The fraction of sp³-hybridized carbons (Fsp3) is 0.364. The smallest absolute Gasteiger partial charge is 0.191 e. The van der Waals surface area contributed by atoms with Crippen LogP contribution in [0.2, 0.25) is 5.02 Å². The van der Waals surface area contributed by atoms with Crippen LogP contribution in [-0.4, -0.2) is 38.3 Å². The number of benzene rings is 2. The van der Waals surface area contributed by atoms with Crippen molar-refractivity contribution in [3.05, 3.63) is 59.1 Å². The maximum atomic E-state index is 10.4. The molecule has 7 heteroatoms. The van der Waals surface area contributed by atoms with Crippen molar-refractivity contribution in [2.75, 3.05) is 12.4 Å². The number of aliphatic hydroxyl groups excluding tert-OH is 1. The number of rotatable bonds is 9. The van der Waals surface area contributed by atoms with E-state index in [1.165, 1.54) is 11.8 Å². The van der Waals surface area contributed by atoms with Crippen LogP contribution in [0.5, 0.6) is 5.75 Å². The predicted octanol–water partition coefficient (Wildman–Crippen LogP) is 5.27. The molecular weight excluding hydrogens is 406 g/mol. The van der Waals surface area contributed by atoms with Gasteiger partial charge in [-0.15, -0.1) is 10.2 Å². The van der Waals surface area contributed by atoms with Gasteiger partial charge in [-0.05, 0) is 36.6 Å². The third kappa shape index (κ3) is 5.53. The maximum absolute atomic E-state index is 10.4. The summed E-state index contributed by atoms with van der Waals surface area (Å²) in [7, 11) is 0. The summed E-state index contributed by atoms with van der Waals surface area (Å²) in [4.78, 5) is 0. The summed E-state index contributed by atoms with van der Waals surface area (Å²) in [6.07, 6.45) is -0.614. The monoisotopic (exact) mass is 431 g/mol.